The molecule has 1 aromatic carbocycles. The first kappa shape index (κ1) is 14.1. The molecule has 0 aliphatic rings. The van der Waals surface area contributed by atoms with Crippen LogP contribution >= 0.6 is 15.9 Å². The van der Waals surface area contributed by atoms with Gasteiger partial charge >= 0.3 is 0 Å². The van der Waals surface area contributed by atoms with E-state index in [-0.39, 0.29) is 6.04 Å². The van der Waals surface area contributed by atoms with Crippen LogP contribution in [0.25, 0.3) is 0 Å². The van der Waals surface area contributed by atoms with E-state index in [0.717, 1.165) is 16.0 Å². The molecule has 0 spiro atoms. The Kier molecular flexibility index (Phi) is 4.25. The summed E-state index contributed by atoms with van der Waals surface area (Å²) in [5.74, 6) is 0. The molecule has 19 heavy (non-hydrogen) atoms. The number of aromatic nitrogens is 1. The molecule has 1 unspecified atom stereocenters. The Morgan fingerprint density at radius 2 is 1.84 bits per heavy atom. The van der Waals surface area contributed by atoms with E-state index in [1.54, 1.807) is 0 Å². The Morgan fingerprint density at radius 1 is 1.11 bits per heavy atom. The maximum atomic E-state index is 4.41. The van der Waals surface area contributed by atoms with Gasteiger partial charge in [-0.05, 0) is 66.9 Å². The highest BCUT2D eigenvalue weighted by atomic mass is 79.9. The summed E-state index contributed by atoms with van der Waals surface area (Å²) in [6, 6.07) is 10.9. The van der Waals surface area contributed by atoms with E-state index in [9.17, 15) is 0 Å². The van der Waals surface area contributed by atoms with E-state index in [1.165, 1.54) is 16.7 Å². The minimum atomic E-state index is 0.265. The Morgan fingerprint density at radius 3 is 2.53 bits per heavy atom. The van der Waals surface area contributed by atoms with E-state index < -0.39 is 0 Å². The predicted octanol–water partition coefficient (Wildman–Crippen LogP) is 4.94. The number of anilines is 1. The summed E-state index contributed by atoms with van der Waals surface area (Å²) in [7, 11) is 0. The molecule has 0 aliphatic carbocycles. The molecule has 0 amide bonds. The summed E-state index contributed by atoms with van der Waals surface area (Å²) < 4.78 is 0.870. The van der Waals surface area contributed by atoms with Crippen molar-refractivity contribution in [3.8, 4) is 0 Å². The summed E-state index contributed by atoms with van der Waals surface area (Å²) in [6.07, 6.45) is 0. The van der Waals surface area contributed by atoms with Gasteiger partial charge < -0.3 is 5.32 Å². The van der Waals surface area contributed by atoms with Gasteiger partial charge in [0.25, 0.3) is 0 Å². The number of hydrogen-bond donors (Lipinski definition) is 1. The van der Waals surface area contributed by atoms with Gasteiger partial charge in [-0.1, -0.05) is 23.8 Å². The Labute approximate surface area is 123 Å². The van der Waals surface area contributed by atoms with Crippen LogP contribution < -0.4 is 5.32 Å². The largest absolute Gasteiger partial charge is 0.377 e. The molecule has 1 atom stereocenters. The second-order valence-corrected chi connectivity index (χ2v) is 5.81. The lowest BCUT2D eigenvalue weighted by Gasteiger charge is -2.19. The van der Waals surface area contributed by atoms with Gasteiger partial charge in [0.05, 0.1) is 11.4 Å². The van der Waals surface area contributed by atoms with Crippen molar-refractivity contribution >= 4 is 21.6 Å². The van der Waals surface area contributed by atoms with Crippen molar-refractivity contribution in [2.45, 2.75) is 33.7 Å². The summed E-state index contributed by atoms with van der Waals surface area (Å²) in [5.41, 5.74) is 6.03. The molecular formula is C16H19BrN2. The van der Waals surface area contributed by atoms with Crippen molar-refractivity contribution in [1.82, 2.24) is 4.98 Å². The lowest BCUT2D eigenvalue weighted by atomic mass is 10.00. The lowest BCUT2D eigenvalue weighted by Crippen LogP contribution is -2.10. The van der Waals surface area contributed by atoms with Crippen molar-refractivity contribution in [3.63, 3.8) is 0 Å². The molecule has 2 rings (SSSR count). The highest BCUT2D eigenvalue weighted by Crippen LogP contribution is 2.25. The quantitative estimate of drug-likeness (QED) is 0.810. The molecular weight excluding hydrogens is 300 g/mol. The monoisotopic (exact) mass is 318 g/mol. The van der Waals surface area contributed by atoms with Crippen molar-refractivity contribution in [1.29, 1.82) is 0 Å². The highest BCUT2D eigenvalue weighted by Gasteiger charge is 2.10. The zero-order chi connectivity index (χ0) is 14.0. The van der Waals surface area contributed by atoms with Gasteiger partial charge in [0.15, 0.2) is 0 Å². The number of halogens is 1. The molecule has 1 N–H and O–H groups in total. The summed E-state index contributed by atoms with van der Waals surface area (Å²) >= 11 is 3.39. The fourth-order valence-electron chi connectivity index (χ4n) is 2.22. The van der Waals surface area contributed by atoms with Crippen LogP contribution in [0.5, 0.6) is 0 Å². The summed E-state index contributed by atoms with van der Waals surface area (Å²) in [4.78, 5) is 4.41. The van der Waals surface area contributed by atoms with Crippen molar-refractivity contribution in [2.24, 2.45) is 0 Å². The maximum Gasteiger partial charge on any atom is 0.106 e. The molecule has 0 fully saturated rings. The second-order valence-electron chi connectivity index (χ2n) is 4.99. The lowest BCUT2D eigenvalue weighted by molar-refractivity contribution is 0.866. The first-order chi connectivity index (χ1) is 8.97. The number of nitrogens with one attached hydrogen (secondary N) is 1. The van der Waals surface area contributed by atoms with E-state index in [1.807, 2.05) is 13.0 Å². The topological polar surface area (TPSA) is 24.9 Å². The Balaban J connectivity index is 2.25. The van der Waals surface area contributed by atoms with E-state index in [4.69, 9.17) is 0 Å². The molecule has 0 aliphatic heterocycles. The minimum Gasteiger partial charge on any atom is -0.377 e. The first-order valence-electron chi connectivity index (χ1n) is 6.44. The van der Waals surface area contributed by atoms with Gasteiger partial charge in [-0.2, -0.15) is 0 Å². The fraction of sp³-hybridized carbons (Fsp3) is 0.312. The molecule has 0 bridgehead atoms. The van der Waals surface area contributed by atoms with Gasteiger partial charge in [-0.25, -0.2) is 4.98 Å². The van der Waals surface area contributed by atoms with Crippen LogP contribution in [0, 0.1) is 20.8 Å². The van der Waals surface area contributed by atoms with Gasteiger partial charge in [0.1, 0.15) is 4.60 Å². The van der Waals surface area contributed by atoms with Gasteiger partial charge in [0.2, 0.25) is 0 Å². The molecule has 1 heterocycles. The molecule has 1 aromatic heterocycles. The number of hydrogen-bond acceptors (Lipinski definition) is 2. The van der Waals surface area contributed by atoms with Crippen molar-refractivity contribution in [2.75, 3.05) is 5.32 Å². The molecule has 3 heteroatoms. The third-order valence-corrected chi connectivity index (χ3v) is 3.77. The zero-order valence-electron chi connectivity index (χ0n) is 11.8. The van der Waals surface area contributed by atoms with Gasteiger partial charge in [-0.3, -0.25) is 0 Å². The van der Waals surface area contributed by atoms with Gasteiger partial charge in [0, 0.05) is 6.04 Å². The fourth-order valence-corrected chi connectivity index (χ4v) is 2.62. The standard InChI is InChI=1S/C16H19BrN2/c1-10-5-6-11(2)14(9-10)12(3)18-15-7-8-16(17)19-13(15)4/h5-9,12,18H,1-4H3. The smallest absolute Gasteiger partial charge is 0.106 e. The number of nitrogens with zero attached hydrogens (tertiary/aromatic N) is 1. The Hall–Kier alpha value is -1.35. The van der Waals surface area contributed by atoms with Crippen molar-refractivity contribution < 1.29 is 0 Å². The van der Waals surface area contributed by atoms with Crippen LogP contribution in [0.1, 0.15) is 35.3 Å². The molecule has 100 valence electrons. The molecule has 0 radical (unpaired) electrons. The normalized spacial score (nSPS) is 12.3. The number of rotatable bonds is 3. The zero-order valence-corrected chi connectivity index (χ0v) is 13.4. The van der Waals surface area contributed by atoms with Crippen molar-refractivity contribution in [3.05, 3.63) is 57.3 Å². The number of pyridine rings is 1. The molecule has 0 saturated heterocycles. The Bertz CT molecular complexity index is 593. The summed E-state index contributed by atoms with van der Waals surface area (Å²) in [6.45, 7) is 8.48. The van der Waals surface area contributed by atoms with Crippen LogP contribution in [0.4, 0.5) is 5.69 Å². The van der Waals surface area contributed by atoms with Crippen LogP contribution in [-0.4, -0.2) is 4.98 Å². The van der Waals surface area contributed by atoms with Crippen LogP contribution in [0.2, 0.25) is 0 Å². The molecule has 2 nitrogen and oxygen atoms in total. The van der Waals surface area contributed by atoms with Crippen LogP contribution in [-0.2, 0) is 0 Å². The van der Waals surface area contributed by atoms with E-state index >= 15 is 0 Å². The third kappa shape index (κ3) is 3.35. The second kappa shape index (κ2) is 5.74. The average Bonchev–Trinajstić information content (AvgIpc) is 2.35. The third-order valence-electron chi connectivity index (χ3n) is 3.33. The predicted molar refractivity (Wildman–Crippen MR) is 84.6 cm³/mol. The van der Waals surface area contributed by atoms with Crippen LogP contribution in [0.15, 0.2) is 34.9 Å². The van der Waals surface area contributed by atoms with E-state index in [0.29, 0.717) is 0 Å². The number of aryl methyl sites for hydroxylation is 3. The van der Waals surface area contributed by atoms with E-state index in [2.05, 4.69) is 71.3 Å². The molecule has 2 aromatic rings. The SMILES string of the molecule is Cc1ccc(C)c(C(C)Nc2ccc(Br)nc2C)c1. The van der Waals surface area contributed by atoms with Gasteiger partial charge in [-0.15, -0.1) is 0 Å². The molecule has 0 saturated carbocycles. The van der Waals surface area contributed by atoms with Crippen LogP contribution in [0.3, 0.4) is 0 Å². The minimum absolute atomic E-state index is 0.265. The number of benzene rings is 1. The highest BCUT2D eigenvalue weighted by molar-refractivity contribution is 9.10. The average molecular weight is 319 g/mol. The maximum absolute atomic E-state index is 4.41. The summed E-state index contributed by atoms with van der Waals surface area (Å²) in [5, 5.41) is 3.54. The first-order valence-corrected chi connectivity index (χ1v) is 7.23.